The van der Waals surface area contributed by atoms with Gasteiger partial charge in [0, 0.05) is 41.0 Å². The number of nitrogens with zero attached hydrogens (tertiary/aromatic N) is 2. The second-order valence-corrected chi connectivity index (χ2v) is 15.4. The highest BCUT2D eigenvalue weighted by Gasteiger charge is 2.30. The van der Waals surface area contributed by atoms with Crippen molar-refractivity contribution in [3.63, 3.8) is 0 Å². The summed E-state index contributed by atoms with van der Waals surface area (Å²) in [5, 5.41) is 17.2. The van der Waals surface area contributed by atoms with Crippen LogP contribution in [0.2, 0.25) is 0 Å². The van der Waals surface area contributed by atoms with E-state index in [2.05, 4.69) is 106 Å². The third kappa shape index (κ3) is 8.36. The van der Waals surface area contributed by atoms with Gasteiger partial charge in [0.1, 0.15) is 0 Å². The first-order chi connectivity index (χ1) is 26.9. The van der Waals surface area contributed by atoms with E-state index in [1.54, 1.807) is 20.3 Å². The van der Waals surface area contributed by atoms with E-state index < -0.39 is 0 Å². The van der Waals surface area contributed by atoms with Crippen molar-refractivity contribution in [2.45, 2.75) is 25.9 Å². The van der Waals surface area contributed by atoms with E-state index in [1.807, 2.05) is 18.3 Å². The molecular weight excluding hydrogens is 971 g/mol. The topological polar surface area (TPSA) is 92.6 Å². The number of methoxy groups -OCH3 is 2. The van der Waals surface area contributed by atoms with Crippen LogP contribution >= 0.6 is 72.6 Å². The second kappa shape index (κ2) is 18.8. The van der Waals surface area contributed by atoms with E-state index in [4.69, 9.17) is 33.2 Å². The fraction of sp³-hybridized carbons (Fsp3) is 0.286. The van der Waals surface area contributed by atoms with E-state index in [0.717, 1.165) is 109 Å². The van der Waals surface area contributed by atoms with Gasteiger partial charge in [0.15, 0.2) is 71.5 Å². The first-order valence-corrected chi connectivity index (χ1v) is 21.2. The summed E-state index contributed by atoms with van der Waals surface area (Å²) in [7, 11) is 3.23. The third-order valence-electron chi connectivity index (χ3n) is 10.0. The maximum absolute atomic E-state index is 10.4. The highest BCUT2D eigenvalue weighted by atomic mass is 79.9. The molecular formula is C42H41Br3Cl2N2O8+2. The van der Waals surface area contributed by atoms with Crippen LogP contribution in [0.25, 0.3) is 44.1 Å². The van der Waals surface area contributed by atoms with E-state index in [1.165, 1.54) is 22.4 Å². The molecule has 0 bridgehead atoms. The lowest BCUT2D eigenvalue weighted by atomic mass is 9.95. The SMILES string of the molecule is BrCCBr.COc1ccc2cc3[n+](cc2c1O)CCc1cc2c(cc1-3)OCO2.COc1ccc2cc3[n+](cc2c1OCCBr)CCc1cc2c(cc1-3)OCO2.Cl.Cl. The largest absolute Gasteiger partial charge is 0.504 e. The number of phenolic OH excluding ortho intramolecular Hbond substituents is 1. The smallest absolute Gasteiger partial charge is 0.231 e. The molecule has 1 N–H and O–H groups in total. The maximum Gasteiger partial charge on any atom is 0.231 e. The van der Waals surface area contributed by atoms with Crippen LogP contribution < -0.4 is 42.3 Å². The minimum atomic E-state index is 0. The molecule has 0 saturated carbocycles. The summed E-state index contributed by atoms with van der Waals surface area (Å²) in [5.41, 5.74) is 7.21. The van der Waals surface area contributed by atoms with Crippen molar-refractivity contribution in [1.29, 1.82) is 0 Å². The minimum Gasteiger partial charge on any atom is -0.504 e. The van der Waals surface area contributed by atoms with Crippen molar-refractivity contribution < 1.29 is 47.4 Å². The predicted octanol–water partition coefficient (Wildman–Crippen LogP) is 9.27. The fourth-order valence-corrected chi connectivity index (χ4v) is 7.58. The number of hydrogen-bond donors (Lipinski definition) is 1. The van der Waals surface area contributed by atoms with Gasteiger partial charge in [-0.3, -0.25) is 0 Å². The molecule has 2 aromatic heterocycles. The molecule has 6 aromatic rings. The summed E-state index contributed by atoms with van der Waals surface area (Å²) in [5.74, 6) is 5.50. The molecule has 4 aliphatic heterocycles. The molecule has 10 nitrogen and oxygen atoms in total. The molecule has 4 aromatic carbocycles. The highest BCUT2D eigenvalue weighted by Crippen LogP contribution is 2.43. The van der Waals surface area contributed by atoms with Crippen LogP contribution in [-0.4, -0.2) is 55.5 Å². The van der Waals surface area contributed by atoms with Gasteiger partial charge in [-0.15, -0.1) is 24.8 Å². The Hall–Kier alpha value is -3.88. The van der Waals surface area contributed by atoms with Gasteiger partial charge in [-0.2, -0.15) is 9.13 Å². The van der Waals surface area contributed by atoms with E-state index >= 15 is 0 Å². The van der Waals surface area contributed by atoms with E-state index in [0.29, 0.717) is 19.1 Å². The zero-order chi connectivity index (χ0) is 38.1. The Morgan fingerprint density at radius 2 is 1.09 bits per heavy atom. The summed E-state index contributed by atoms with van der Waals surface area (Å²) < 4.78 is 43.3. The Balaban J connectivity index is 0.000000172. The molecule has 300 valence electrons. The Kier molecular flexibility index (Phi) is 14.1. The average Bonchev–Trinajstić information content (AvgIpc) is 3.89. The molecule has 0 saturated heterocycles. The zero-order valence-electron chi connectivity index (χ0n) is 31.1. The lowest BCUT2D eigenvalue weighted by molar-refractivity contribution is -0.686. The molecule has 0 atom stereocenters. The third-order valence-corrected chi connectivity index (χ3v) is 12.2. The summed E-state index contributed by atoms with van der Waals surface area (Å²) >= 11 is 9.83. The summed E-state index contributed by atoms with van der Waals surface area (Å²) in [4.78, 5) is 0. The number of benzene rings is 4. The Morgan fingerprint density at radius 1 is 0.614 bits per heavy atom. The molecule has 0 amide bonds. The van der Waals surface area contributed by atoms with Crippen molar-refractivity contribution in [3.05, 3.63) is 84.2 Å². The lowest BCUT2D eigenvalue weighted by Crippen LogP contribution is -2.40. The van der Waals surface area contributed by atoms with Crippen LogP contribution in [-0.2, 0) is 25.9 Å². The van der Waals surface area contributed by atoms with Crippen LogP contribution in [0, 0.1) is 0 Å². The van der Waals surface area contributed by atoms with Crippen LogP contribution in [0.4, 0.5) is 0 Å². The first-order valence-electron chi connectivity index (χ1n) is 17.9. The van der Waals surface area contributed by atoms with Gasteiger partial charge < -0.3 is 38.3 Å². The number of phenols is 1. The highest BCUT2D eigenvalue weighted by molar-refractivity contribution is 9.12. The first kappa shape index (κ1) is 42.7. The predicted molar refractivity (Wildman–Crippen MR) is 235 cm³/mol. The number of rotatable bonds is 6. The summed E-state index contributed by atoms with van der Waals surface area (Å²) in [6.45, 7) is 2.93. The summed E-state index contributed by atoms with van der Waals surface area (Å²) in [6, 6.07) is 20.5. The number of fused-ring (bicyclic) bond motifs is 10. The van der Waals surface area contributed by atoms with Crippen molar-refractivity contribution in [1.82, 2.24) is 0 Å². The Morgan fingerprint density at radius 3 is 1.58 bits per heavy atom. The number of aromatic nitrogens is 2. The van der Waals surface area contributed by atoms with Gasteiger partial charge in [-0.1, -0.05) is 47.8 Å². The van der Waals surface area contributed by atoms with Gasteiger partial charge in [-0.25, -0.2) is 0 Å². The van der Waals surface area contributed by atoms with Crippen LogP contribution in [0.5, 0.6) is 46.0 Å². The molecule has 0 unspecified atom stereocenters. The lowest BCUT2D eigenvalue weighted by Gasteiger charge is -2.17. The van der Waals surface area contributed by atoms with Crippen LogP contribution in [0.1, 0.15) is 11.1 Å². The van der Waals surface area contributed by atoms with E-state index in [-0.39, 0.29) is 37.4 Å². The molecule has 0 fully saturated rings. The number of pyridine rings is 2. The van der Waals surface area contributed by atoms with Crippen molar-refractivity contribution in [2.24, 2.45) is 0 Å². The van der Waals surface area contributed by atoms with Crippen LogP contribution in [0.3, 0.4) is 0 Å². The zero-order valence-corrected chi connectivity index (χ0v) is 37.5. The van der Waals surface area contributed by atoms with Gasteiger partial charge in [0.05, 0.1) is 42.7 Å². The molecule has 0 radical (unpaired) electrons. The molecule has 57 heavy (non-hydrogen) atoms. The standard InChI is InChI=1S/C21H19BrNO4.C19H15NO4.C2H4Br2.2ClH/c1-24-18-3-2-13-8-17-15-10-20-19(26-12-27-20)9-14(15)4-6-23(17)11-16(13)21(18)25-7-5-22;1-22-16-3-2-11-6-15-13-8-18-17(23-10-24-18)7-12(13)4-5-20(15)9-14(11)19(16)21;3-1-2-4;;/h2-3,8-11H,4-7,12H2,1H3;2-3,6-9H,4-5,10H2,1H3;1-2H2;2*1H/q+1;;;;/p+1. The minimum absolute atomic E-state index is 0. The molecule has 15 heteroatoms. The molecule has 0 aliphatic carbocycles. The molecule has 6 heterocycles. The van der Waals surface area contributed by atoms with E-state index in [9.17, 15) is 5.11 Å². The Labute approximate surface area is 368 Å². The molecule has 4 aliphatic rings. The maximum atomic E-state index is 10.4. The van der Waals surface area contributed by atoms with Gasteiger partial charge in [0.25, 0.3) is 0 Å². The van der Waals surface area contributed by atoms with Crippen molar-refractivity contribution in [2.75, 3.05) is 50.4 Å². The summed E-state index contributed by atoms with van der Waals surface area (Å²) in [6.07, 6.45) is 6.04. The number of ether oxygens (including phenoxy) is 7. The number of halogens is 5. The number of hydrogen-bond acceptors (Lipinski definition) is 8. The average molecular weight is 1010 g/mol. The van der Waals surface area contributed by atoms with Crippen LogP contribution in [0.15, 0.2) is 73.1 Å². The van der Waals surface area contributed by atoms with Gasteiger partial charge in [-0.05, 0) is 70.4 Å². The molecule has 10 rings (SSSR count). The number of aromatic hydroxyl groups is 1. The monoisotopic (exact) mass is 1010 g/mol. The normalized spacial score (nSPS) is 13.2. The fourth-order valence-electron chi connectivity index (χ4n) is 7.42. The van der Waals surface area contributed by atoms with Gasteiger partial charge in [0.2, 0.25) is 25.0 Å². The van der Waals surface area contributed by atoms with Crippen molar-refractivity contribution in [3.8, 4) is 68.5 Å². The number of aryl methyl sites for hydroxylation is 4. The molecule has 0 spiro atoms. The van der Waals surface area contributed by atoms with Crippen molar-refractivity contribution >= 4 is 94.1 Å². The second-order valence-electron chi connectivity index (χ2n) is 13.1. The quantitative estimate of drug-likeness (QED) is 0.131. The number of alkyl halides is 3. The van der Waals surface area contributed by atoms with Gasteiger partial charge >= 0.3 is 0 Å². The Bertz CT molecular complexity index is 2440.